The molecule has 0 aliphatic carbocycles. The van der Waals surface area contributed by atoms with Gasteiger partial charge in [-0.15, -0.1) is 11.3 Å². The molecule has 1 aliphatic heterocycles. The van der Waals surface area contributed by atoms with Crippen LogP contribution in [0, 0.1) is 0 Å². The number of rotatable bonds is 5. The number of carbonyl (C=O) groups excluding carboxylic acids is 2. The second-order valence-electron chi connectivity index (χ2n) is 5.92. The number of aromatic nitrogens is 3. The zero-order valence-corrected chi connectivity index (χ0v) is 14.3. The summed E-state index contributed by atoms with van der Waals surface area (Å²) in [4.78, 5) is 34.4. The Kier molecular flexibility index (Phi) is 4.19. The third kappa shape index (κ3) is 3.39. The largest absolute Gasteiger partial charge is 0.350 e. The molecule has 8 heteroatoms. The molecule has 0 saturated carbocycles. The van der Waals surface area contributed by atoms with Gasteiger partial charge in [0.25, 0.3) is 0 Å². The summed E-state index contributed by atoms with van der Waals surface area (Å²) in [5.41, 5.74) is 2.35. The van der Waals surface area contributed by atoms with Crippen molar-refractivity contribution in [2.45, 2.75) is 25.8 Å². The van der Waals surface area contributed by atoms with Gasteiger partial charge in [0.15, 0.2) is 5.13 Å². The summed E-state index contributed by atoms with van der Waals surface area (Å²) >= 11 is 1.41. The Hall–Kier alpha value is -2.74. The van der Waals surface area contributed by atoms with Crippen molar-refractivity contribution in [2.75, 3.05) is 11.4 Å². The summed E-state index contributed by atoms with van der Waals surface area (Å²) in [6.07, 6.45) is 5.47. The van der Waals surface area contributed by atoms with E-state index in [2.05, 4.69) is 15.3 Å². The molecule has 1 N–H and O–H groups in total. The molecule has 0 aromatic carbocycles. The third-order valence-corrected chi connectivity index (χ3v) is 4.98. The van der Waals surface area contributed by atoms with E-state index in [1.165, 1.54) is 11.3 Å². The van der Waals surface area contributed by atoms with Crippen molar-refractivity contribution in [1.29, 1.82) is 0 Å². The van der Waals surface area contributed by atoms with Crippen molar-refractivity contribution in [1.82, 2.24) is 19.7 Å². The second-order valence-corrected chi connectivity index (χ2v) is 6.76. The van der Waals surface area contributed by atoms with Gasteiger partial charge in [-0.25, -0.2) is 9.97 Å². The lowest BCUT2D eigenvalue weighted by molar-refractivity contribution is -0.120. The van der Waals surface area contributed by atoms with Crippen LogP contribution >= 0.6 is 11.3 Å². The predicted molar refractivity (Wildman–Crippen MR) is 94.4 cm³/mol. The molecule has 0 atom stereocenters. The molecule has 0 radical (unpaired) electrons. The summed E-state index contributed by atoms with van der Waals surface area (Å²) < 4.78 is 1.92. The van der Waals surface area contributed by atoms with Crippen LogP contribution in [0.4, 0.5) is 5.13 Å². The molecule has 1 fully saturated rings. The first-order valence-electron chi connectivity index (χ1n) is 8.13. The van der Waals surface area contributed by atoms with Crippen molar-refractivity contribution in [3.8, 4) is 0 Å². The summed E-state index contributed by atoms with van der Waals surface area (Å²) in [6.45, 7) is 1.09. The summed E-state index contributed by atoms with van der Waals surface area (Å²) in [7, 11) is 0. The van der Waals surface area contributed by atoms with Crippen LogP contribution in [-0.4, -0.2) is 32.7 Å². The number of pyridine rings is 1. The van der Waals surface area contributed by atoms with Crippen LogP contribution in [0.3, 0.4) is 0 Å². The number of amides is 2. The summed E-state index contributed by atoms with van der Waals surface area (Å²) in [5, 5.41) is 5.39. The maximum Gasteiger partial charge on any atom is 0.228 e. The Labute approximate surface area is 148 Å². The minimum atomic E-state index is -0.110. The first-order chi connectivity index (χ1) is 12.2. The Balaban J connectivity index is 1.34. The molecule has 0 bridgehead atoms. The Bertz CT molecular complexity index is 899. The SMILES string of the molecule is O=C(Cc1csc(N2CCCC2=O)n1)NCc1cn2ccccc2n1. The molecule has 7 nitrogen and oxygen atoms in total. The van der Waals surface area contributed by atoms with Gasteiger partial charge in [0.1, 0.15) is 5.65 Å². The van der Waals surface area contributed by atoms with Crippen LogP contribution in [0.15, 0.2) is 36.0 Å². The van der Waals surface area contributed by atoms with Crippen molar-refractivity contribution in [3.05, 3.63) is 47.4 Å². The maximum absolute atomic E-state index is 12.1. The molecule has 0 spiro atoms. The minimum absolute atomic E-state index is 0.109. The lowest BCUT2D eigenvalue weighted by Gasteiger charge is -2.10. The molecule has 0 unspecified atom stereocenters. The van der Waals surface area contributed by atoms with E-state index in [0.29, 0.717) is 30.3 Å². The Morgan fingerprint density at radius 1 is 1.28 bits per heavy atom. The molecular formula is C17H17N5O2S. The highest BCUT2D eigenvalue weighted by molar-refractivity contribution is 7.14. The van der Waals surface area contributed by atoms with Crippen LogP contribution in [0.5, 0.6) is 0 Å². The number of carbonyl (C=O) groups is 2. The van der Waals surface area contributed by atoms with E-state index in [1.54, 1.807) is 4.90 Å². The summed E-state index contributed by atoms with van der Waals surface area (Å²) in [6, 6.07) is 5.78. The van der Waals surface area contributed by atoms with E-state index in [-0.39, 0.29) is 18.2 Å². The van der Waals surface area contributed by atoms with Crippen molar-refractivity contribution < 1.29 is 9.59 Å². The van der Waals surface area contributed by atoms with Crippen LogP contribution in [0.2, 0.25) is 0 Å². The smallest absolute Gasteiger partial charge is 0.228 e. The maximum atomic E-state index is 12.1. The highest BCUT2D eigenvalue weighted by Gasteiger charge is 2.24. The van der Waals surface area contributed by atoms with Crippen LogP contribution in [0.1, 0.15) is 24.2 Å². The third-order valence-electron chi connectivity index (χ3n) is 4.07. The molecule has 4 rings (SSSR count). The number of hydrogen-bond donors (Lipinski definition) is 1. The van der Waals surface area contributed by atoms with E-state index < -0.39 is 0 Å². The molecular weight excluding hydrogens is 338 g/mol. The molecule has 1 aliphatic rings. The van der Waals surface area contributed by atoms with Crippen molar-refractivity contribution in [2.24, 2.45) is 0 Å². The zero-order valence-electron chi connectivity index (χ0n) is 13.5. The van der Waals surface area contributed by atoms with E-state index in [1.807, 2.05) is 40.4 Å². The number of fused-ring (bicyclic) bond motifs is 1. The number of nitrogens with one attached hydrogen (secondary N) is 1. The molecule has 4 heterocycles. The lowest BCUT2D eigenvalue weighted by atomic mass is 10.3. The fraction of sp³-hybridized carbons (Fsp3) is 0.294. The van der Waals surface area contributed by atoms with Crippen molar-refractivity contribution in [3.63, 3.8) is 0 Å². The van der Waals surface area contributed by atoms with E-state index in [4.69, 9.17) is 0 Å². The number of hydrogen-bond acceptors (Lipinski definition) is 5. The van der Waals surface area contributed by atoms with Crippen LogP contribution in [0.25, 0.3) is 5.65 Å². The Morgan fingerprint density at radius 2 is 2.20 bits per heavy atom. The topological polar surface area (TPSA) is 79.6 Å². The normalized spacial score (nSPS) is 14.4. The molecule has 3 aromatic heterocycles. The molecule has 1 saturated heterocycles. The van der Waals surface area contributed by atoms with Gasteiger partial charge >= 0.3 is 0 Å². The fourth-order valence-corrected chi connectivity index (χ4v) is 3.71. The van der Waals surface area contributed by atoms with Gasteiger partial charge < -0.3 is 9.72 Å². The Morgan fingerprint density at radius 3 is 3.00 bits per heavy atom. The van der Waals surface area contributed by atoms with E-state index in [9.17, 15) is 9.59 Å². The van der Waals surface area contributed by atoms with Gasteiger partial charge in [-0.1, -0.05) is 6.07 Å². The van der Waals surface area contributed by atoms with Gasteiger partial charge in [0, 0.05) is 30.7 Å². The zero-order chi connectivity index (χ0) is 17.2. The molecule has 25 heavy (non-hydrogen) atoms. The highest BCUT2D eigenvalue weighted by atomic mass is 32.1. The summed E-state index contributed by atoms with van der Waals surface area (Å²) in [5.74, 6) is -0.00106. The number of imidazole rings is 1. The van der Waals surface area contributed by atoms with Crippen LogP contribution < -0.4 is 10.2 Å². The average molecular weight is 355 g/mol. The quantitative estimate of drug-likeness (QED) is 0.756. The average Bonchev–Trinajstić information content (AvgIpc) is 3.31. The van der Waals surface area contributed by atoms with Gasteiger partial charge in [0.05, 0.1) is 24.4 Å². The van der Waals surface area contributed by atoms with E-state index >= 15 is 0 Å². The molecule has 3 aromatic rings. The van der Waals surface area contributed by atoms with Gasteiger partial charge in [0.2, 0.25) is 11.8 Å². The fourth-order valence-electron chi connectivity index (χ4n) is 2.84. The van der Waals surface area contributed by atoms with Crippen LogP contribution in [-0.2, 0) is 22.6 Å². The molecule has 2 amide bonds. The lowest BCUT2D eigenvalue weighted by Crippen LogP contribution is -2.25. The standard InChI is InChI=1S/C17H17N5O2S/c23-15(18-9-13-10-21-6-2-1-4-14(21)19-13)8-12-11-25-17(20-12)22-7-3-5-16(22)24/h1-2,4,6,10-11H,3,5,7-9H2,(H,18,23). The first kappa shape index (κ1) is 15.8. The highest BCUT2D eigenvalue weighted by Crippen LogP contribution is 2.25. The number of anilines is 1. The second kappa shape index (κ2) is 6.64. The first-order valence-corrected chi connectivity index (χ1v) is 9.01. The number of nitrogens with zero attached hydrogens (tertiary/aromatic N) is 4. The van der Waals surface area contributed by atoms with Gasteiger partial charge in [-0.2, -0.15) is 0 Å². The molecule has 128 valence electrons. The van der Waals surface area contributed by atoms with E-state index in [0.717, 1.165) is 17.8 Å². The van der Waals surface area contributed by atoms with Gasteiger partial charge in [-0.05, 0) is 18.6 Å². The number of thiazole rings is 1. The minimum Gasteiger partial charge on any atom is -0.350 e. The monoisotopic (exact) mass is 355 g/mol. The van der Waals surface area contributed by atoms with Crippen molar-refractivity contribution >= 4 is 33.9 Å². The van der Waals surface area contributed by atoms with Gasteiger partial charge in [-0.3, -0.25) is 14.5 Å². The predicted octanol–water partition coefficient (Wildman–Crippen LogP) is 1.78.